The lowest BCUT2D eigenvalue weighted by atomic mass is 10.1. The summed E-state index contributed by atoms with van der Waals surface area (Å²) in [6.07, 6.45) is 3.16. The summed E-state index contributed by atoms with van der Waals surface area (Å²) in [7, 11) is 1.74. The number of benzene rings is 2. The lowest BCUT2D eigenvalue weighted by molar-refractivity contribution is 0.0783. The number of carbonyl (C=O) groups excluding carboxylic acids is 1. The van der Waals surface area contributed by atoms with Gasteiger partial charge in [-0.05, 0) is 42.5 Å². The van der Waals surface area contributed by atoms with Gasteiger partial charge in [-0.3, -0.25) is 9.36 Å². The highest BCUT2D eigenvalue weighted by atomic mass is 19.1. The Morgan fingerprint density at radius 3 is 2.77 bits per heavy atom. The average molecular weight is 349 g/mol. The molecule has 0 aliphatic carbocycles. The third-order valence-electron chi connectivity index (χ3n) is 4.20. The minimum Gasteiger partial charge on any atom is -0.357 e. The van der Waals surface area contributed by atoms with Crippen molar-refractivity contribution in [3.63, 3.8) is 0 Å². The Hall–Kier alpha value is -3.48. The lowest BCUT2D eigenvalue weighted by Crippen LogP contribution is -2.26. The van der Waals surface area contributed by atoms with E-state index in [9.17, 15) is 9.18 Å². The summed E-state index contributed by atoms with van der Waals surface area (Å²) < 4.78 is 15.1. The van der Waals surface area contributed by atoms with Crippen LogP contribution in [0.15, 0.2) is 61.2 Å². The first-order valence-corrected chi connectivity index (χ1v) is 8.08. The van der Waals surface area contributed by atoms with Crippen LogP contribution in [0.4, 0.5) is 4.39 Å². The number of H-pyrrole nitrogens is 1. The molecule has 0 saturated carbocycles. The van der Waals surface area contributed by atoms with Crippen molar-refractivity contribution in [3.05, 3.63) is 78.3 Å². The number of nitrogens with zero attached hydrogens (tertiary/aromatic N) is 4. The van der Waals surface area contributed by atoms with Crippen molar-refractivity contribution in [2.24, 2.45) is 0 Å². The van der Waals surface area contributed by atoms with E-state index in [2.05, 4.69) is 15.2 Å². The van der Waals surface area contributed by atoms with Crippen LogP contribution in [0.5, 0.6) is 0 Å². The molecule has 26 heavy (non-hydrogen) atoms. The van der Waals surface area contributed by atoms with E-state index in [1.54, 1.807) is 47.4 Å². The van der Waals surface area contributed by atoms with Gasteiger partial charge >= 0.3 is 0 Å². The standard InChI is InChI=1S/C19H16FN5O/c1-24(10-16-8-14-7-15(20)5-6-18(14)23-16)19(26)13-3-2-4-17(9-13)25-11-21-22-12-25/h2-9,11-12,23H,10H2,1H3. The van der Waals surface area contributed by atoms with E-state index < -0.39 is 0 Å². The first-order valence-electron chi connectivity index (χ1n) is 8.08. The first kappa shape index (κ1) is 16.0. The minimum absolute atomic E-state index is 0.107. The molecule has 2 heterocycles. The minimum atomic E-state index is -0.279. The second-order valence-corrected chi connectivity index (χ2v) is 6.11. The number of hydrogen-bond donors (Lipinski definition) is 1. The van der Waals surface area contributed by atoms with Gasteiger partial charge in [-0.15, -0.1) is 10.2 Å². The van der Waals surface area contributed by atoms with Crippen molar-refractivity contribution < 1.29 is 9.18 Å². The Balaban J connectivity index is 1.54. The van der Waals surface area contributed by atoms with Crippen LogP contribution in [-0.4, -0.2) is 37.6 Å². The number of rotatable bonds is 4. The maximum absolute atomic E-state index is 13.3. The zero-order valence-corrected chi connectivity index (χ0v) is 14.1. The van der Waals surface area contributed by atoms with Gasteiger partial charge in [-0.2, -0.15) is 0 Å². The molecule has 0 bridgehead atoms. The third kappa shape index (κ3) is 3.06. The van der Waals surface area contributed by atoms with Crippen LogP contribution in [0.2, 0.25) is 0 Å². The van der Waals surface area contributed by atoms with Crippen LogP contribution < -0.4 is 0 Å². The second kappa shape index (κ2) is 6.44. The molecule has 0 radical (unpaired) electrons. The number of halogens is 1. The molecule has 0 atom stereocenters. The van der Waals surface area contributed by atoms with Crippen molar-refractivity contribution in [1.82, 2.24) is 24.6 Å². The SMILES string of the molecule is CN(Cc1cc2cc(F)ccc2[nH]1)C(=O)c1cccc(-n2cnnc2)c1. The number of aromatic nitrogens is 4. The van der Waals surface area contributed by atoms with Gasteiger partial charge in [-0.25, -0.2) is 4.39 Å². The normalized spacial score (nSPS) is 11.0. The van der Waals surface area contributed by atoms with Crippen LogP contribution in [0.25, 0.3) is 16.6 Å². The fourth-order valence-corrected chi connectivity index (χ4v) is 2.93. The van der Waals surface area contributed by atoms with E-state index in [-0.39, 0.29) is 11.7 Å². The summed E-state index contributed by atoms with van der Waals surface area (Å²) >= 11 is 0. The van der Waals surface area contributed by atoms with Crippen molar-refractivity contribution in [1.29, 1.82) is 0 Å². The van der Waals surface area contributed by atoms with Crippen LogP contribution in [0.1, 0.15) is 16.1 Å². The van der Waals surface area contributed by atoms with E-state index in [0.29, 0.717) is 12.1 Å². The Kier molecular flexibility index (Phi) is 3.96. The van der Waals surface area contributed by atoms with Crippen molar-refractivity contribution in [2.45, 2.75) is 6.54 Å². The summed E-state index contributed by atoms with van der Waals surface area (Å²) in [6, 6.07) is 13.7. The van der Waals surface area contributed by atoms with Gasteiger partial charge < -0.3 is 9.88 Å². The molecule has 6 nitrogen and oxygen atoms in total. The summed E-state index contributed by atoms with van der Waals surface area (Å²) in [5.74, 6) is -0.386. The molecule has 7 heteroatoms. The molecule has 4 aromatic rings. The van der Waals surface area contributed by atoms with Gasteiger partial charge in [0, 0.05) is 34.9 Å². The van der Waals surface area contributed by atoms with E-state index in [0.717, 1.165) is 22.3 Å². The molecular weight excluding hydrogens is 333 g/mol. The second-order valence-electron chi connectivity index (χ2n) is 6.11. The molecule has 1 N–H and O–H groups in total. The first-order chi connectivity index (χ1) is 12.6. The third-order valence-corrected chi connectivity index (χ3v) is 4.20. The van der Waals surface area contributed by atoms with E-state index >= 15 is 0 Å². The van der Waals surface area contributed by atoms with Crippen molar-refractivity contribution in [2.75, 3.05) is 7.05 Å². The molecule has 0 fully saturated rings. The summed E-state index contributed by atoms with van der Waals surface area (Å²) in [4.78, 5) is 17.6. The van der Waals surface area contributed by atoms with Gasteiger partial charge in [0.2, 0.25) is 0 Å². The number of hydrogen-bond acceptors (Lipinski definition) is 3. The maximum Gasteiger partial charge on any atom is 0.254 e. The predicted octanol–water partition coefficient (Wildman–Crippen LogP) is 3.16. The average Bonchev–Trinajstić information content (AvgIpc) is 3.30. The molecule has 1 amide bonds. The summed E-state index contributed by atoms with van der Waals surface area (Å²) in [5.41, 5.74) is 3.07. The van der Waals surface area contributed by atoms with Gasteiger partial charge in [0.15, 0.2) is 0 Å². The van der Waals surface area contributed by atoms with Gasteiger partial charge in [-0.1, -0.05) is 6.07 Å². The number of aromatic amines is 1. The molecule has 0 spiro atoms. The number of fused-ring (bicyclic) bond motifs is 1. The Labute approximate surface area is 148 Å². The van der Waals surface area contributed by atoms with E-state index in [1.165, 1.54) is 12.1 Å². The molecule has 4 rings (SSSR count). The van der Waals surface area contributed by atoms with Gasteiger partial charge in [0.1, 0.15) is 18.5 Å². The predicted molar refractivity (Wildman–Crippen MR) is 95.4 cm³/mol. The maximum atomic E-state index is 13.3. The van der Waals surface area contributed by atoms with Crippen LogP contribution in [-0.2, 0) is 6.54 Å². The zero-order valence-electron chi connectivity index (χ0n) is 14.1. The fraction of sp³-hybridized carbons (Fsp3) is 0.105. The highest BCUT2D eigenvalue weighted by Gasteiger charge is 2.14. The number of carbonyl (C=O) groups is 1. The molecule has 2 aromatic heterocycles. The summed E-state index contributed by atoms with van der Waals surface area (Å²) in [6.45, 7) is 0.395. The van der Waals surface area contributed by atoms with E-state index in [4.69, 9.17) is 0 Å². The zero-order chi connectivity index (χ0) is 18.1. The molecule has 130 valence electrons. The number of amides is 1. The Bertz CT molecular complexity index is 1070. The monoisotopic (exact) mass is 349 g/mol. The van der Waals surface area contributed by atoms with Crippen molar-refractivity contribution >= 4 is 16.8 Å². The van der Waals surface area contributed by atoms with Crippen LogP contribution in [0, 0.1) is 5.82 Å². The quantitative estimate of drug-likeness (QED) is 0.615. The molecule has 0 aliphatic rings. The molecule has 2 aromatic carbocycles. The topological polar surface area (TPSA) is 66.8 Å². The highest BCUT2D eigenvalue weighted by molar-refractivity contribution is 5.94. The van der Waals surface area contributed by atoms with Crippen LogP contribution >= 0.6 is 0 Å². The highest BCUT2D eigenvalue weighted by Crippen LogP contribution is 2.18. The van der Waals surface area contributed by atoms with Crippen LogP contribution in [0.3, 0.4) is 0 Å². The lowest BCUT2D eigenvalue weighted by Gasteiger charge is -2.17. The largest absolute Gasteiger partial charge is 0.357 e. The number of nitrogens with one attached hydrogen (secondary N) is 1. The molecule has 0 aliphatic heterocycles. The fourth-order valence-electron chi connectivity index (χ4n) is 2.93. The molecular formula is C19H16FN5O. The van der Waals surface area contributed by atoms with Gasteiger partial charge in [0.25, 0.3) is 5.91 Å². The van der Waals surface area contributed by atoms with Gasteiger partial charge in [0.05, 0.1) is 6.54 Å². The van der Waals surface area contributed by atoms with E-state index in [1.807, 2.05) is 18.2 Å². The molecule has 0 saturated heterocycles. The molecule has 0 unspecified atom stereocenters. The van der Waals surface area contributed by atoms with Crippen molar-refractivity contribution in [3.8, 4) is 5.69 Å². The summed E-state index contributed by atoms with van der Waals surface area (Å²) in [5, 5.41) is 8.34. The smallest absolute Gasteiger partial charge is 0.254 e. The Morgan fingerprint density at radius 1 is 1.15 bits per heavy atom. The Morgan fingerprint density at radius 2 is 1.96 bits per heavy atom.